The van der Waals surface area contributed by atoms with Crippen molar-refractivity contribution < 1.29 is 9.21 Å². The van der Waals surface area contributed by atoms with E-state index in [0.717, 1.165) is 11.7 Å². The Labute approximate surface area is 121 Å². The van der Waals surface area contributed by atoms with Gasteiger partial charge in [0.25, 0.3) is 0 Å². The van der Waals surface area contributed by atoms with Crippen molar-refractivity contribution in [1.82, 2.24) is 10.6 Å². The molecule has 4 unspecified atom stereocenters. The fraction of sp³-hybridized carbons (Fsp3) is 0.688. The van der Waals surface area contributed by atoms with Crippen LogP contribution in [0.5, 0.6) is 0 Å². The molecule has 0 radical (unpaired) electrons. The molecule has 2 N–H and O–H groups in total. The second-order valence-electron chi connectivity index (χ2n) is 6.06. The average molecular weight is 278 g/mol. The highest BCUT2D eigenvalue weighted by Gasteiger charge is 2.29. The van der Waals surface area contributed by atoms with Crippen LogP contribution in [0.3, 0.4) is 0 Å². The van der Waals surface area contributed by atoms with Crippen LogP contribution in [0.25, 0.3) is 0 Å². The number of amides is 1. The van der Waals surface area contributed by atoms with E-state index in [1.54, 1.807) is 6.26 Å². The van der Waals surface area contributed by atoms with Gasteiger partial charge in [0.2, 0.25) is 5.91 Å². The zero-order chi connectivity index (χ0) is 14.5. The van der Waals surface area contributed by atoms with Gasteiger partial charge in [0.1, 0.15) is 5.76 Å². The lowest BCUT2D eigenvalue weighted by Crippen LogP contribution is -2.50. The maximum absolute atomic E-state index is 12.1. The van der Waals surface area contributed by atoms with E-state index in [-0.39, 0.29) is 11.9 Å². The van der Waals surface area contributed by atoms with E-state index in [1.165, 1.54) is 19.3 Å². The van der Waals surface area contributed by atoms with E-state index in [4.69, 9.17) is 4.42 Å². The number of hydrogen-bond acceptors (Lipinski definition) is 3. The van der Waals surface area contributed by atoms with Crippen LogP contribution >= 0.6 is 0 Å². The van der Waals surface area contributed by atoms with Gasteiger partial charge in [-0.05, 0) is 37.3 Å². The maximum atomic E-state index is 12.1. The van der Waals surface area contributed by atoms with E-state index in [2.05, 4.69) is 24.5 Å². The zero-order valence-electron chi connectivity index (χ0n) is 12.7. The van der Waals surface area contributed by atoms with Crippen molar-refractivity contribution in [2.45, 2.75) is 58.7 Å². The van der Waals surface area contributed by atoms with Gasteiger partial charge < -0.3 is 15.1 Å². The number of furan rings is 1. The molecule has 1 fully saturated rings. The van der Waals surface area contributed by atoms with E-state index in [9.17, 15) is 4.79 Å². The molecule has 2 rings (SSSR count). The summed E-state index contributed by atoms with van der Waals surface area (Å²) in [5.74, 6) is 2.18. The van der Waals surface area contributed by atoms with Crippen molar-refractivity contribution in [1.29, 1.82) is 0 Å². The Morgan fingerprint density at radius 3 is 2.95 bits per heavy atom. The van der Waals surface area contributed by atoms with Crippen molar-refractivity contribution in [2.24, 2.45) is 11.8 Å². The van der Waals surface area contributed by atoms with Crippen LogP contribution in [0.4, 0.5) is 0 Å². The quantitative estimate of drug-likeness (QED) is 0.870. The normalized spacial score (nSPS) is 28.1. The number of carbonyl (C=O) groups is 1. The van der Waals surface area contributed by atoms with Crippen LogP contribution in [-0.4, -0.2) is 18.0 Å². The van der Waals surface area contributed by atoms with Gasteiger partial charge in [-0.2, -0.15) is 0 Å². The molecule has 4 atom stereocenters. The van der Waals surface area contributed by atoms with Gasteiger partial charge in [-0.1, -0.05) is 26.7 Å². The largest absolute Gasteiger partial charge is 0.467 e. The predicted molar refractivity (Wildman–Crippen MR) is 79.1 cm³/mol. The molecule has 1 aliphatic rings. The molecule has 0 bridgehead atoms. The Morgan fingerprint density at radius 2 is 2.25 bits per heavy atom. The summed E-state index contributed by atoms with van der Waals surface area (Å²) in [6.07, 6.45) is 5.35. The molecule has 0 aliphatic heterocycles. The highest BCUT2D eigenvalue weighted by molar-refractivity contribution is 5.81. The van der Waals surface area contributed by atoms with Crippen molar-refractivity contribution in [3.05, 3.63) is 24.2 Å². The molecule has 1 heterocycles. The molecule has 1 aromatic heterocycles. The van der Waals surface area contributed by atoms with Gasteiger partial charge >= 0.3 is 0 Å². The highest BCUT2D eigenvalue weighted by atomic mass is 16.3. The average Bonchev–Trinajstić information content (AvgIpc) is 2.94. The Kier molecular flexibility index (Phi) is 5.24. The summed E-state index contributed by atoms with van der Waals surface area (Å²) in [6, 6.07) is 3.98. The van der Waals surface area contributed by atoms with Crippen molar-refractivity contribution in [2.75, 3.05) is 0 Å². The summed E-state index contributed by atoms with van der Waals surface area (Å²) in [7, 11) is 0. The minimum Gasteiger partial charge on any atom is -0.467 e. The molecule has 0 spiro atoms. The second-order valence-corrected chi connectivity index (χ2v) is 6.06. The third kappa shape index (κ3) is 3.85. The molecule has 1 aromatic rings. The molecule has 1 aliphatic carbocycles. The van der Waals surface area contributed by atoms with E-state index < -0.39 is 0 Å². The number of hydrogen-bond donors (Lipinski definition) is 2. The Balaban J connectivity index is 1.78. The van der Waals surface area contributed by atoms with E-state index >= 15 is 0 Å². The fourth-order valence-electron chi connectivity index (χ4n) is 2.95. The molecule has 112 valence electrons. The summed E-state index contributed by atoms with van der Waals surface area (Å²) in [5.41, 5.74) is 0. The lowest BCUT2D eigenvalue weighted by molar-refractivity contribution is -0.123. The van der Waals surface area contributed by atoms with Gasteiger partial charge in [-0.3, -0.25) is 4.79 Å². The van der Waals surface area contributed by atoms with Gasteiger partial charge in [-0.25, -0.2) is 0 Å². The van der Waals surface area contributed by atoms with Gasteiger partial charge in [0, 0.05) is 6.04 Å². The highest BCUT2D eigenvalue weighted by Crippen LogP contribution is 2.29. The van der Waals surface area contributed by atoms with Crippen LogP contribution in [0.2, 0.25) is 0 Å². The van der Waals surface area contributed by atoms with Crippen molar-refractivity contribution >= 4 is 5.91 Å². The first-order valence-electron chi connectivity index (χ1n) is 7.64. The lowest BCUT2D eigenvalue weighted by atomic mass is 9.78. The SMILES string of the molecule is CC(NC1CCCC(C)C1C)C(=O)NCc1ccco1. The smallest absolute Gasteiger partial charge is 0.237 e. The summed E-state index contributed by atoms with van der Waals surface area (Å²) >= 11 is 0. The van der Waals surface area contributed by atoms with Gasteiger partial charge in [-0.15, -0.1) is 0 Å². The molecule has 4 heteroatoms. The predicted octanol–water partition coefficient (Wildman–Crippen LogP) is 2.70. The van der Waals surface area contributed by atoms with Gasteiger partial charge in [0.05, 0.1) is 18.8 Å². The first-order chi connectivity index (χ1) is 9.58. The second kappa shape index (κ2) is 6.93. The lowest BCUT2D eigenvalue weighted by Gasteiger charge is -2.36. The van der Waals surface area contributed by atoms with Crippen molar-refractivity contribution in [3.63, 3.8) is 0 Å². The van der Waals surface area contributed by atoms with Crippen molar-refractivity contribution in [3.8, 4) is 0 Å². The topological polar surface area (TPSA) is 54.3 Å². The summed E-state index contributed by atoms with van der Waals surface area (Å²) in [6.45, 7) is 6.98. The number of rotatable bonds is 5. The van der Waals surface area contributed by atoms with E-state index in [1.807, 2.05) is 19.1 Å². The summed E-state index contributed by atoms with van der Waals surface area (Å²) < 4.78 is 5.21. The molecule has 4 nitrogen and oxygen atoms in total. The zero-order valence-corrected chi connectivity index (χ0v) is 12.7. The first-order valence-corrected chi connectivity index (χ1v) is 7.64. The minimum absolute atomic E-state index is 0.0341. The summed E-state index contributed by atoms with van der Waals surface area (Å²) in [4.78, 5) is 12.1. The van der Waals surface area contributed by atoms with Gasteiger partial charge in [0.15, 0.2) is 0 Å². The Hall–Kier alpha value is -1.29. The summed E-state index contributed by atoms with van der Waals surface area (Å²) in [5, 5.41) is 6.39. The molecule has 0 saturated heterocycles. The standard InChI is InChI=1S/C16H26N2O2/c1-11-6-4-8-15(12(11)2)18-13(3)16(19)17-10-14-7-5-9-20-14/h5,7,9,11-13,15,18H,4,6,8,10H2,1-3H3,(H,17,19). The van der Waals surface area contributed by atoms with Crippen LogP contribution < -0.4 is 10.6 Å². The molecular weight excluding hydrogens is 252 g/mol. The monoisotopic (exact) mass is 278 g/mol. The van der Waals surface area contributed by atoms with E-state index in [0.29, 0.717) is 18.5 Å². The van der Waals surface area contributed by atoms with Crippen LogP contribution in [-0.2, 0) is 11.3 Å². The van der Waals surface area contributed by atoms with Crippen LogP contribution in [0.1, 0.15) is 45.8 Å². The number of carbonyl (C=O) groups excluding carboxylic acids is 1. The number of nitrogens with one attached hydrogen (secondary N) is 2. The fourth-order valence-corrected chi connectivity index (χ4v) is 2.95. The molecule has 20 heavy (non-hydrogen) atoms. The first kappa shape index (κ1) is 15.1. The maximum Gasteiger partial charge on any atom is 0.237 e. The molecule has 1 saturated carbocycles. The third-order valence-corrected chi connectivity index (χ3v) is 4.58. The molecule has 0 aromatic carbocycles. The van der Waals surface area contributed by atoms with Crippen LogP contribution in [0, 0.1) is 11.8 Å². The Bertz CT molecular complexity index is 416. The Morgan fingerprint density at radius 1 is 1.45 bits per heavy atom. The third-order valence-electron chi connectivity index (χ3n) is 4.58. The molecular formula is C16H26N2O2. The van der Waals surface area contributed by atoms with Crippen LogP contribution in [0.15, 0.2) is 22.8 Å². The molecule has 1 amide bonds. The minimum atomic E-state index is -0.164.